The van der Waals surface area contributed by atoms with Gasteiger partial charge in [-0.2, -0.15) is 0 Å². The highest BCUT2D eigenvalue weighted by Gasteiger charge is 2.49. The molecule has 27 heavy (non-hydrogen) atoms. The third-order valence-electron chi connectivity index (χ3n) is 6.66. The summed E-state index contributed by atoms with van der Waals surface area (Å²) in [7, 11) is -1.07. The summed E-state index contributed by atoms with van der Waals surface area (Å²) in [5, 5.41) is 2.78. The Kier molecular flexibility index (Phi) is 4.42. The van der Waals surface area contributed by atoms with Gasteiger partial charge in [-0.3, -0.25) is 14.7 Å². The summed E-state index contributed by atoms with van der Waals surface area (Å²) in [5.41, 5.74) is -0.401. The first-order valence-electron chi connectivity index (χ1n) is 9.45. The molecule has 1 saturated carbocycles. The molecule has 0 aromatic rings. The van der Waals surface area contributed by atoms with Crippen molar-refractivity contribution in [2.45, 2.75) is 43.6 Å². The van der Waals surface area contributed by atoms with Gasteiger partial charge < -0.3 is 10.2 Å². The van der Waals surface area contributed by atoms with Gasteiger partial charge in [-0.25, -0.2) is 13.4 Å². The Morgan fingerprint density at radius 1 is 1.41 bits per heavy atom. The molecular formula is C18H27N5O3S. The normalized spacial score (nSPS) is 35.3. The van der Waals surface area contributed by atoms with Crippen molar-refractivity contribution in [2.75, 3.05) is 25.9 Å². The molecule has 0 aromatic heterocycles. The number of amidine groups is 1. The first-order valence-corrected chi connectivity index (χ1v) is 11.2. The fraction of sp³-hybridized carbons (Fsp3) is 0.722. The number of likely N-dealkylation sites (tertiary alicyclic amines) is 1. The zero-order valence-electron chi connectivity index (χ0n) is 16.0. The van der Waals surface area contributed by atoms with Crippen molar-refractivity contribution in [2.24, 2.45) is 21.8 Å². The predicted octanol–water partition coefficient (Wildman–Crippen LogP) is 0.232. The molecule has 1 N–H and O–H groups in total. The van der Waals surface area contributed by atoms with Crippen molar-refractivity contribution >= 4 is 27.9 Å². The minimum Gasteiger partial charge on any atom is -0.350 e. The average Bonchev–Trinajstić information content (AvgIpc) is 2.98. The van der Waals surface area contributed by atoms with E-state index in [9.17, 15) is 13.2 Å². The molecule has 1 aliphatic carbocycles. The molecule has 9 heteroatoms. The monoisotopic (exact) mass is 393 g/mol. The first kappa shape index (κ1) is 18.6. The number of rotatable bonds is 5. The van der Waals surface area contributed by atoms with E-state index in [2.05, 4.69) is 40.2 Å². The Morgan fingerprint density at radius 3 is 2.78 bits per heavy atom. The number of nitrogens with zero attached hydrogens (tertiary/aromatic N) is 4. The molecule has 0 radical (unpaired) electrons. The van der Waals surface area contributed by atoms with Crippen molar-refractivity contribution in [3.05, 3.63) is 12.3 Å². The fourth-order valence-corrected chi connectivity index (χ4v) is 6.49. The van der Waals surface area contributed by atoms with Crippen LogP contribution in [0.15, 0.2) is 22.3 Å². The topological polar surface area (TPSA) is 94.4 Å². The lowest BCUT2D eigenvalue weighted by Gasteiger charge is -2.50. The Hall–Kier alpha value is -1.74. The van der Waals surface area contributed by atoms with E-state index in [4.69, 9.17) is 0 Å². The van der Waals surface area contributed by atoms with Crippen LogP contribution >= 0.6 is 0 Å². The molecule has 3 aliphatic heterocycles. The van der Waals surface area contributed by atoms with Crippen LogP contribution < -0.4 is 5.32 Å². The van der Waals surface area contributed by atoms with Gasteiger partial charge in [-0.15, -0.1) is 0 Å². The maximum Gasteiger partial charge on any atom is 0.219 e. The molecule has 2 fully saturated rings. The molecule has 0 aromatic carbocycles. The Balaban J connectivity index is 1.32. The second-order valence-electron chi connectivity index (χ2n) is 8.31. The number of carbonyl (C=O) groups is 1. The third-order valence-corrected chi connectivity index (χ3v) is 8.91. The van der Waals surface area contributed by atoms with E-state index in [1.807, 2.05) is 6.20 Å². The summed E-state index contributed by atoms with van der Waals surface area (Å²) in [4.78, 5) is 24.1. The van der Waals surface area contributed by atoms with Crippen LogP contribution in [0.1, 0.15) is 26.7 Å². The molecule has 1 amide bonds. The molecular weight excluding hydrogens is 366 g/mol. The molecule has 4 rings (SSSR count). The Morgan fingerprint density at radius 2 is 2.11 bits per heavy atom. The minimum atomic E-state index is -3.14. The van der Waals surface area contributed by atoms with Gasteiger partial charge in [0.1, 0.15) is 17.8 Å². The number of aliphatic imine (C=N–C) groups is 2. The van der Waals surface area contributed by atoms with E-state index in [1.54, 1.807) is 11.2 Å². The number of amides is 1. The van der Waals surface area contributed by atoms with Crippen LogP contribution in [-0.2, 0) is 14.6 Å². The van der Waals surface area contributed by atoms with E-state index in [0.29, 0.717) is 19.1 Å². The molecule has 2 unspecified atom stereocenters. The van der Waals surface area contributed by atoms with Crippen LogP contribution in [-0.4, -0.2) is 79.1 Å². The summed E-state index contributed by atoms with van der Waals surface area (Å²) in [5.74, 6) is 1.38. The van der Waals surface area contributed by atoms with Crippen LogP contribution in [0.25, 0.3) is 0 Å². The standard InChI is InChI=1S/C18H27N5O3S/c1-12(24)23-8-15(9-23)27(25,26)10-13-6-14(7-13)22(3)18(2)16-4-5-19-17(16)20-11-21-18/h4-5,11,13-16H,6-10H2,1-3H3,(H,19,20,21). The summed E-state index contributed by atoms with van der Waals surface area (Å²) < 4.78 is 25.1. The summed E-state index contributed by atoms with van der Waals surface area (Å²) >= 11 is 0. The van der Waals surface area contributed by atoms with E-state index < -0.39 is 15.5 Å². The van der Waals surface area contributed by atoms with Crippen LogP contribution in [0.2, 0.25) is 0 Å². The second kappa shape index (κ2) is 6.41. The van der Waals surface area contributed by atoms with Gasteiger partial charge >= 0.3 is 0 Å². The number of nitrogens with one attached hydrogen (secondary N) is 1. The van der Waals surface area contributed by atoms with Gasteiger partial charge in [0, 0.05) is 26.1 Å². The molecule has 4 aliphatic rings. The van der Waals surface area contributed by atoms with Gasteiger partial charge in [-0.1, -0.05) is 6.08 Å². The van der Waals surface area contributed by atoms with Gasteiger partial charge in [0.05, 0.1) is 16.9 Å². The molecule has 148 valence electrons. The lowest BCUT2D eigenvalue weighted by molar-refractivity contribution is -0.131. The summed E-state index contributed by atoms with van der Waals surface area (Å²) in [6.07, 6.45) is 7.33. The first-order chi connectivity index (χ1) is 12.7. The van der Waals surface area contributed by atoms with Crippen LogP contribution in [0, 0.1) is 11.8 Å². The lowest BCUT2D eigenvalue weighted by Crippen LogP contribution is -2.60. The molecule has 1 saturated heterocycles. The molecule has 3 heterocycles. The maximum absolute atomic E-state index is 12.6. The number of carbonyl (C=O) groups excluding carboxylic acids is 1. The number of sulfone groups is 1. The van der Waals surface area contributed by atoms with Crippen LogP contribution in [0.5, 0.6) is 0 Å². The SMILES string of the molecule is CC(=O)N1CC(S(=O)(=O)CC2CC(N(C)C3(C)N=CN=C4NC=CC43)C2)C1. The molecule has 0 spiro atoms. The highest BCUT2D eigenvalue weighted by Crippen LogP contribution is 2.40. The van der Waals surface area contributed by atoms with Crippen molar-refractivity contribution in [3.63, 3.8) is 0 Å². The van der Waals surface area contributed by atoms with E-state index >= 15 is 0 Å². The number of hydrogen-bond donors (Lipinski definition) is 1. The second-order valence-corrected chi connectivity index (χ2v) is 10.6. The van der Waals surface area contributed by atoms with Gasteiger partial charge in [0.15, 0.2) is 9.84 Å². The van der Waals surface area contributed by atoms with Crippen LogP contribution in [0.4, 0.5) is 0 Å². The van der Waals surface area contributed by atoms with Crippen molar-refractivity contribution in [1.29, 1.82) is 0 Å². The quantitative estimate of drug-likeness (QED) is 0.722. The van der Waals surface area contributed by atoms with Crippen LogP contribution in [0.3, 0.4) is 0 Å². The zero-order valence-corrected chi connectivity index (χ0v) is 16.8. The largest absolute Gasteiger partial charge is 0.350 e. The Bertz CT molecular complexity index is 824. The molecule has 8 nitrogen and oxygen atoms in total. The highest BCUT2D eigenvalue weighted by atomic mass is 32.2. The van der Waals surface area contributed by atoms with Crippen molar-refractivity contribution in [1.82, 2.24) is 15.1 Å². The Labute approximate surface area is 160 Å². The van der Waals surface area contributed by atoms with Crippen molar-refractivity contribution in [3.8, 4) is 0 Å². The zero-order chi connectivity index (χ0) is 19.4. The van der Waals surface area contributed by atoms with Gasteiger partial charge in [0.25, 0.3) is 0 Å². The number of fused-ring (bicyclic) bond motifs is 1. The fourth-order valence-electron chi connectivity index (χ4n) is 4.48. The summed E-state index contributed by atoms with van der Waals surface area (Å²) in [6, 6.07) is 0.316. The minimum absolute atomic E-state index is 0.0496. The maximum atomic E-state index is 12.6. The third kappa shape index (κ3) is 3.10. The highest BCUT2D eigenvalue weighted by molar-refractivity contribution is 7.92. The predicted molar refractivity (Wildman–Crippen MR) is 104 cm³/mol. The molecule has 0 bridgehead atoms. The average molecular weight is 394 g/mol. The van der Waals surface area contributed by atoms with Crippen molar-refractivity contribution < 1.29 is 13.2 Å². The summed E-state index contributed by atoms with van der Waals surface area (Å²) in [6.45, 7) is 4.29. The van der Waals surface area contributed by atoms with E-state index in [0.717, 1.165) is 18.7 Å². The van der Waals surface area contributed by atoms with Gasteiger partial charge in [0.2, 0.25) is 5.91 Å². The number of hydrogen-bond acceptors (Lipinski definition) is 7. The van der Waals surface area contributed by atoms with Gasteiger partial charge in [-0.05, 0) is 38.9 Å². The molecule has 2 atom stereocenters. The van der Waals surface area contributed by atoms with E-state index in [1.165, 1.54) is 6.92 Å². The van der Waals surface area contributed by atoms with E-state index in [-0.39, 0.29) is 28.7 Å². The lowest BCUT2D eigenvalue weighted by atomic mass is 9.78. The smallest absolute Gasteiger partial charge is 0.219 e.